The molecular weight excluding hydrogens is 455 g/mol. The van der Waals surface area contributed by atoms with Crippen molar-refractivity contribution in [2.75, 3.05) is 19.7 Å². The van der Waals surface area contributed by atoms with Crippen molar-refractivity contribution in [1.29, 1.82) is 0 Å². The molecule has 0 spiro atoms. The molecule has 0 amide bonds. The van der Waals surface area contributed by atoms with Gasteiger partial charge >= 0.3 is 0 Å². The maximum Gasteiger partial charge on any atom is 0.216 e. The SMILES string of the molecule is CCNC(=NCc1nc(C)c(C)o1)NCCCCOCc1ccccc1.I. The second kappa shape index (κ2) is 13.5. The van der Waals surface area contributed by atoms with Crippen LogP contribution in [0.25, 0.3) is 0 Å². The van der Waals surface area contributed by atoms with Crippen molar-refractivity contribution in [1.82, 2.24) is 15.6 Å². The topological polar surface area (TPSA) is 71.7 Å². The first-order valence-corrected chi connectivity index (χ1v) is 9.25. The predicted molar refractivity (Wildman–Crippen MR) is 120 cm³/mol. The predicted octanol–water partition coefficient (Wildman–Crippen LogP) is 3.96. The van der Waals surface area contributed by atoms with Gasteiger partial charge in [-0.05, 0) is 39.2 Å². The fourth-order valence-electron chi connectivity index (χ4n) is 2.40. The Kier molecular flexibility index (Phi) is 11.8. The Balaban J connectivity index is 0.00000364. The van der Waals surface area contributed by atoms with Crippen LogP contribution in [0.5, 0.6) is 0 Å². The summed E-state index contributed by atoms with van der Waals surface area (Å²) in [4.78, 5) is 8.87. The van der Waals surface area contributed by atoms with Crippen LogP contribution >= 0.6 is 24.0 Å². The van der Waals surface area contributed by atoms with Crippen molar-refractivity contribution < 1.29 is 9.15 Å². The van der Waals surface area contributed by atoms with Crippen LogP contribution in [-0.4, -0.2) is 30.6 Å². The van der Waals surface area contributed by atoms with E-state index in [0.29, 0.717) is 19.0 Å². The molecule has 2 N–H and O–H groups in total. The van der Waals surface area contributed by atoms with Gasteiger partial charge in [-0.1, -0.05) is 30.3 Å². The molecule has 0 saturated heterocycles. The average Bonchev–Trinajstić information content (AvgIpc) is 2.97. The van der Waals surface area contributed by atoms with Crippen LogP contribution in [0, 0.1) is 13.8 Å². The van der Waals surface area contributed by atoms with E-state index in [2.05, 4.69) is 32.7 Å². The number of oxazole rings is 1. The molecule has 2 aromatic rings. The van der Waals surface area contributed by atoms with Gasteiger partial charge in [0.1, 0.15) is 12.3 Å². The molecule has 0 aliphatic rings. The van der Waals surface area contributed by atoms with Gasteiger partial charge in [-0.2, -0.15) is 0 Å². The van der Waals surface area contributed by atoms with Gasteiger partial charge in [0, 0.05) is 19.7 Å². The number of aromatic nitrogens is 1. The van der Waals surface area contributed by atoms with Crippen molar-refractivity contribution in [3.63, 3.8) is 0 Å². The highest BCUT2D eigenvalue weighted by molar-refractivity contribution is 14.0. The second-order valence-corrected chi connectivity index (χ2v) is 6.12. The molecule has 0 saturated carbocycles. The molecule has 2 rings (SSSR count). The number of aliphatic imine (C=N–C) groups is 1. The molecule has 6 nitrogen and oxygen atoms in total. The molecule has 0 fully saturated rings. The molecule has 27 heavy (non-hydrogen) atoms. The maximum absolute atomic E-state index is 5.70. The second-order valence-electron chi connectivity index (χ2n) is 6.12. The lowest BCUT2D eigenvalue weighted by Gasteiger charge is -2.11. The van der Waals surface area contributed by atoms with Gasteiger partial charge in [0.25, 0.3) is 0 Å². The number of rotatable bonds is 10. The summed E-state index contributed by atoms with van der Waals surface area (Å²) in [6, 6.07) is 10.2. The van der Waals surface area contributed by atoms with Crippen LogP contribution in [0.1, 0.15) is 42.7 Å². The van der Waals surface area contributed by atoms with Crippen molar-refractivity contribution >= 4 is 29.9 Å². The summed E-state index contributed by atoms with van der Waals surface area (Å²) in [5.41, 5.74) is 2.13. The number of hydrogen-bond donors (Lipinski definition) is 2. The molecule has 1 aromatic carbocycles. The minimum atomic E-state index is 0. The Hall–Kier alpha value is -1.61. The van der Waals surface area contributed by atoms with E-state index in [1.165, 1.54) is 5.56 Å². The summed E-state index contributed by atoms with van der Waals surface area (Å²) in [6.45, 7) is 9.44. The first-order chi connectivity index (χ1) is 12.7. The van der Waals surface area contributed by atoms with Crippen molar-refractivity contribution in [2.45, 2.75) is 46.8 Å². The lowest BCUT2D eigenvalue weighted by Crippen LogP contribution is -2.37. The van der Waals surface area contributed by atoms with Crippen molar-refractivity contribution in [3.8, 4) is 0 Å². The van der Waals surface area contributed by atoms with Gasteiger partial charge in [0.05, 0.1) is 12.3 Å². The van der Waals surface area contributed by atoms with Crippen LogP contribution in [0.4, 0.5) is 0 Å². The number of benzene rings is 1. The number of hydrogen-bond acceptors (Lipinski definition) is 4. The van der Waals surface area contributed by atoms with E-state index < -0.39 is 0 Å². The Morgan fingerprint density at radius 1 is 1.15 bits per heavy atom. The first-order valence-electron chi connectivity index (χ1n) is 9.25. The fourth-order valence-corrected chi connectivity index (χ4v) is 2.40. The zero-order valence-corrected chi connectivity index (χ0v) is 18.8. The number of guanidine groups is 1. The van der Waals surface area contributed by atoms with Crippen LogP contribution in [0.3, 0.4) is 0 Å². The number of nitrogens with one attached hydrogen (secondary N) is 2. The van der Waals surface area contributed by atoms with Crippen molar-refractivity contribution in [3.05, 3.63) is 53.2 Å². The Bertz CT molecular complexity index is 654. The zero-order chi connectivity index (χ0) is 18.6. The minimum absolute atomic E-state index is 0. The van der Waals surface area contributed by atoms with E-state index >= 15 is 0 Å². The molecule has 0 unspecified atom stereocenters. The molecule has 0 aliphatic heterocycles. The lowest BCUT2D eigenvalue weighted by atomic mass is 10.2. The zero-order valence-electron chi connectivity index (χ0n) is 16.5. The van der Waals surface area contributed by atoms with Crippen LogP contribution < -0.4 is 10.6 Å². The number of unbranched alkanes of at least 4 members (excludes halogenated alkanes) is 1. The quantitative estimate of drug-likeness (QED) is 0.230. The van der Waals surface area contributed by atoms with Gasteiger partial charge < -0.3 is 19.8 Å². The number of aryl methyl sites for hydroxylation is 2. The summed E-state index contributed by atoms with van der Waals surface area (Å²) < 4.78 is 11.3. The molecule has 7 heteroatoms. The summed E-state index contributed by atoms with van der Waals surface area (Å²) in [5.74, 6) is 2.28. The Labute approximate surface area is 179 Å². The highest BCUT2D eigenvalue weighted by Gasteiger charge is 2.05. The summed E-state index contributed by atoms with van der Waals surface area (Å²) >= 11 is 0. The normalized spacial score (nSPS) is 11.1. The fraction of sp³-hybridized carbons (Fsp3) is 0.500. The smallest absolute Gasteiger partial charge is 0.216 e. The summed E-state index contributed by atoms with van der Waals surface area (Å²) in [7, 11) is 0. The summed E-state index contributed by atoms with van der Waals surface area (Å²) in [6.07, 6.45) is 2.04. The van der Waals surface area contributed by atoms with Gasteiger partial charge in [0.15, 0.2) is 5.96 Å². The van der Waals surface area contributed by atoms with E-state index in [-0.39, 0.29) is 24.0 Å². The Morgan fingerprint density at radius 3 is 2.59 bits per heavy atom. The lowest BCUT2D eigenvalue weighted by molar-refractivity contribution is 0.117. The maximum atomic E-state index is 5.70. The third-order valence-corrected chi connectivity index (χ3v) is 3.91. The highest BCUT2D eigenvalue weighted by atomic mass is 127. The van der Waals surface area contributed by atoms with Gasteiger partial charge in [-0.3, -0.25) is 0 Å². The Morgan fingerprint density at radius 2 is 1.93 bits per heavy atom. The average molecular weight is 486 g/mol. The molecule has 0 bridgehead atoms. The van der Waals surface area contributed by atoms with E-state index in [9.17, 15) is 0 Å². The summed E-state index contributed by atoms with van der Waals surface area (Å²) in [5, 5.41) is 6.57. The number of ether oxygens (including phenoxy) is 1. The standard InChI is InChI=1S/C20H30N4O2.HI/c1-4-21-20(23-14-19-24-16(2)17(3)26-19)22-12-8-9-13-25-15-18-10-6-5-7-11-18;/h5-7,10-11H,4,8-9,12-15H2,1-3H3,(H2,21,22,23);1H. The highest BCUT2D eigenvalue weighted by Crippen LogP contribution is 2.08. The molecular formula is C20H31IN4O2. The first kappa shape index (κ1) is 23.4. The van der Waals surface area contributed by atoms with Crippen molar-refractivity contribution in [2.24, 2.45) is 4.99 Å². The third kappa shape index (κ3) is 9.23. The van der Waals surface area contributed by atoms with Gasteiger partial charge in [-0.25, -0.2) is 9.98 Å². The van der Waals surface area contributed by atoms with E-state index in [1.807, 2.05) is 39.0 Å². The number of halogens is 1. The van der Waals surface area contributed by atoms with Crippen LogP contribution in [0.15, 0.2) is 39.7 Å². The minimum Gasteiger partial charge on any atom is -0.444 e. The van der Waals surface area contributed by atoms with E-state index in [1.54, 1.807) is 0 Å². The van der Waals surface area contributed by atoms with Gasteiger partial charge in [-0.15, -0.1) is 24.0 Å². The third-order valence-electron chi connectivity index (χ3n) is 3.91. The van der Waals surface area contributed by atoms with Crippen LogP contribution in [-0.2, 0) is 17.9 Å². The largest absolute Gasteiger partial charge is 0.444 e. The molecule has 1 aromatic heterocycles. The molecule has 1 heterocycles. The molecule has 0 aliphatic carbocycles. The number of nitrogens with zero attached hydrogens (tertiary/aromatic N) is 2. The van der Waals surface area contributed by atoms with E-state index in [4.69, 9.17) is 9.15 Å². The van der Waals surface area contributed by atoms with Gasteiger partial charge in [0.2, 0.25) is 5.89 Å². The molecule has 150 valence electrons. The van der Waals surface area contributed by atoms with E-state index in [0.717, 1.165) is 50.0 Å². The monoisotopic (exact) mass is 486 g/mol. The molecule has 0 radical (unpaired) electrons. The molecule has 0 atom stereocenters. The van der Waals surface area contributed by atoms with Crippen LogP contribution in [0.2, 0.25) is 0 Å².